The summed E-state index contributed by atoms with van der Waals surface area (Å²) in [4.78, 5) is 0.354. The molecule has 0 radical (unpaired) electrons. The SMILES string of the molecule is COCC1CCN(S(=O)(=O)c2cccc(Br)c2)CC1. The molecule has 1 aromatic carbocycles. The van der Waals surface area contributed by atoms with E-state index in [1.807, 2.05) is 6.07 Å². The third kappa shape index (κ3) is 3.56. The first-order valence-corrected chi connectivity index (χ1v) is 8.52. The van der Waals surface area contributed by atoms with Crippen molar-refractivity contribution in [1.29, 1.82) is 0 Å². The van der Waals surface area contributed by atoms with Gasteiger partial charge in [0.05, 0.1) is 4.90 Å². The highest BCUT2D eigenvalue weighted by molar-refractivity contribution is 9.10. The minimum absolute atomic E-state index is 0.354. The average Bonchev–Trinajstić information content (AvgIpc) is 2.40. The third-order valence-electron chi connectivity index (χ3n) is 3.41. The van der Waals surface area contributed by atoms with Gasteiger partial charge in [-0.1, -0.05) is 22.0 Å². The Morgan fingerprint density at radius 1 is 1.37 bits per heavy atom. The molecule has 1 aliphatic rings. The standard InChI is InChI=1S/C13H18BrNO3S/c1-18-10-11-5-7-15(8-6-11)19(16,17)13-4-2-3-12(14)9-13/h2-4,9,11H,5-8,10H2,1H3. The largest absolute Gasteiger partial charge is 0.384 e. The van der Waals surface area contributed by atoms with E-state index in [-0.39, 0.29) is 0 Å². The first kappa shape index (κ1) is 15.0. The van der Waals surface area contributed by atoms with Crippen LogP contribution >= 0.6 is 15.9 Å². The number of benzene rings is 1. The number of methoxy groups -OCH3 is 1. The molecule has 0 aliphatic carbocycles. The van der Waals surface area contributed by atoms with Crippen LogP contribution in [0.25, 0.3) is 0 Å². The summed E-state index contributed by atoms with van der Waals surface area (Å²) in [6, 6.07) is 6.86. The number of nitrogens with zero attached hydrogens (tertiary/aromatic N) is 1. The highest BCUT2D eigenvalue weighted by Crippen LogP contribution is 2.25. The molecule has 0 unspecified atom stereocenters. The zero-order valence-corrected chi connectivity index (χ0v) is 13.3. The maximum absolute atomic E-state index is 12.5. The first-order chi connectivity index (χ1) is 9.04. The van der Waals surface area contributed by atoms with E-state index < -0.39 is 10.0 Å². The van der Waals surface area contributed by atoms with E-state index in [9.17, 15) is 8.42 Å². The molecule has 0 aromatic heterocycles. The molecule has 1 saturated heterocycles. The van der Waals surface area contributed by atoms with Crippen LogP contribution in [0.1, 0.15) is 12.8 Å². The Morgan fingerprint density at radius 2 is 2.05 bits per heavy atom. The third-order valence-corrected chi connectivity index (χ3v) is 5.80. The van der Waals surface area contributed by atoms with Crippen molar-refractivity contribution in [3.63, 3.8) is 0 Å². The van der Waals surface area contributed by atoms with Gasteiger partial charge in [0.1, 0.15) is 0 Å². The summed E-state index contributed by atoms with van der Waals surface area (Å²) < 4.78 is 32.4. The predicted octanol–water partition coefficient (Wildman–Crippen LogP) is 2.50. The lowest BCUT2D eigenvalue weighted by atomic mass is 9.99. The highest BCUT2D eigenvalue weighted by atomic mass is 79.9. The Kier molecular flexibility index (Phi) is 5.00. The molecule has 2 rings (SSSR count). The van der Waals surface area contributed by atoms with Crippen molar-refractivity contribution in [2.24, 2.45) is 5.92 Å². The van der Waals surface area contributed by atoms with Crippen molar-refractivity contribution in [1.82, 2.24) is 4.31 Å². The van der Waals surface area contributed by atoms with Crippen LogP contribution < -0.4 is 0 Å². The number of sulfonamides is 1. The van der Waals surface area contributed by atoms with Crippen LogP contribution in [-0.2, 0) is 14.8 Å². The second kappa shape index (κ2) is 6.35. The van der Waals surface area contributed by atoms with Gasteiger partial charge in [-0.3, -0.25) is 0 Å². The number of rotatable bonds is 4. The Hall–Kier alpha value is -0.430. The molecule has 106 valence electrons. The van der Waals surface area contributed by atoms with Crippen molar-refractivity contribution < 1.29 is 13.2 Å². The maximum atomic E-state index is 12.5. The number of ether oxygens (including phenoxy) is 1. The van der Waals surface area contributed by atoms with E-state index in [1.54, 1.807) is 29.6 Å². The van der Waals surface area contributed by atoms with E-state index in [2.05, 4.69) is 15.9 Å². The molecule has 6 heteroatoms. The molecule has 1 heterocycles. The zero-order chi connectivity index (χ0) is 13.9. The molecule has 0 amide bonds. The number of hydrogen-bond acceptors (Lipinski definition) is 3. The fourth-order valence-corrected chi connectivity index (χ4v) is 4.40. The molecule has 0 N–H and O–H groups in total. The maximum Gasteiger partial charge on any atom is 0.243 e. The van der Waals surface area contributed by atoms with E-state index in [0.717, 1.165) is 17.3 Å². The second-order valence-corrected chi connectivity index (χ2v) is 7.61. The van der Waals surface area contributed by atoms with Crippen LogP contribution in [0.4, 0.5) is 0 Å². The Labute approximate surface area is 122 Å². The van der Waals surface area contributed by atoms with Gasteiger partial charge in [-0.05, 0) is 37.0 Å². The van der Waals surface area contributed by atoms with Gasteiger partial charge in [0, 0.05) is 31.3 Å². The Bertz CT molecular complexity index is 524. The zero-order valence-electron chi connectivity index (χ0n) is 10.9. The molecule has 4 nitrogen and oxygen atoms in total. The smallest absolute Gasteiger partial charge is 0.243 e. The fraction of sp³-hybridized carbons (Fsp3) is 0.538. The summed E-state index contributed by atoms with van der Waals surface area (Å²) in [5.41, 5.74) is 0. The molecule has 0 atom stereocenters. The second-order valence-electron chi connectivity index (χ2n) is 4.76. The number of hydrogen-bond donors (Lipinski definition) is 0. The van der Waals surface area contributed by atoms with Crippen LogP contribution in [0.15, 0.2) is 33.6 Å². The van der Waals surface area contributed by atoms with E-state index in [4.69, 9.17) is 4.74 Å². The molecular weight excluding hydrogens is 330 g/mol. The molecule has 1 aliphatic heterocycles. The summed E-state index contributed by atoms with van der Waals surface area (Å²) in [7, 11) is -1.68. The minimum Gasteiger partial charge on any atom is -0.384 e. The summed E-state index contributed by atoms with van der Waals surface area (Å²) in [6.07, 6.45) is 1.72. The molecule has 0 saturated carbocycles. The van der Waals surface area contributed by atoms with Gasteiger partial charge in [0.25, 0.3) is 0 Å². The van der Waals surface area contributed by atoms with Gasteiger partial charge in [-0.15, -0.1) is 0 Å². The van der Waals surface area contributed by atoms with E-state index in [0.29, 0.717) is 30.5 Å². The minimum atomic E-state index is -3.36. The summed E-state index contributed by atoms with van der Waals surface area (Å²) in [5.74, 6) is 0.471. The van der Waals surface area contributed by atoms with Crippen molar-refractivity contribution in [3.8, 4) is 0 Å². The monoisotopic (exact) mass is 347 g/mol. The summed E-state index contributed by atoms with van der Waals surface area (Å²) >= 11 is 3.31. The normalized spacial score (nSPS) is 18.6. The first-order valence-electron chi connectivity index (χ1n) is 6.28. The van der Waals surface area contributed by atoms with Crippen LogP contribution in [0.3, 0.4) is 0 Å². The van der Waals surface area contributed by atoms with E-state index in [1.165, 1.54) is 0 Å². The van der Waals surface area contributed by atoms with Crippen molar-refractivity contribution in [2.75, 3.05) is 26.8 Å². The lowest BCUT2D eigenvalue weighted by molar-refractivity contribution is 0.121. The lowest BCUT2D eigenvalue weighted by Crippen LogP contribution is -2.39. The topological polar surface area (TPSA) is 46.6 Å². The lowest BCUT2D eigenvalue weighted by Gasteiger charge is -2.30. The van der Waals surface area contributed by atoms with Crippen molar-refractivity contribution in [3.05, 3.63) is 28.7 Å². The average molecular weight is 348 g/mol. The molecule has 0 bridgehead atoms. The Morgan fingerprint density at radius 3 is 2.63 bits per heavy atom. The van der Waals surface area contributed by atoms with Crippen molar-refractivity contribution >= 4 is 26.0 Å². The van der Waals surface area contributed by atoms with Crippen LogP contribution in [-0.4, -0.2) is 39.5 Å². The number of piperidine rings is 1. The summed E-state index contributed by atoms with van der Waals surface area (Å²) in [6.45, 7) is 1.86. The molecule has 1 fully saturated rings. The van der Waals surface area contributed by atoms with Crippen molar-refractivity contribution in [2.45, 2.75) is 17.7 Å². The number of halogens is 1. The predicted molar refractivity (Wildman–Crippen MR) is 77.5 cm³/mol. The van der Waals surface area contributed by atoms with E-state index >= 15 is 0 Å². The molecular formula is C13H18BrNO3S. The summed E-state index contributed by atoms with van der Waals surface area (Å²) in [5, 5.41) is 0. The van der Waals surface area contributed by atoms with Gasteiger partial charge in [-0.2, -0.15) is 4.31 Å². The quantitative estimate of drug-likeness (QED) is 0.840. The molecule has 19 heavy (non-hydrogen) atoms. The molecule has 0 spiro atoms. The van der Waals surface area contributed by atoms with Gasteiger partial charge >= 0.3 is 0 Å². The fourth-order valence-electron chi connectivity index (χ4n) is 2.33. The van der Waals surface area contributed by atoms with Crippen LogP contribution in [0.5, 0.6) is 0 Å². The van der Waals surface area contributed by atoms with Gasteiger partial charge in [0.2, 0.25) is 10.0 Å². The van der Waals surface area contributed by atoms with Crippen LogP contribution in [0, 0.1) is 5.92 Å². The van der Waals surface area contributed by atoms with Gasteiger partial charge in [0.15, 0.2) is 0 Å². The molecule has 1 aromatic rings. The Balaban J connectivity index is 2.10. The highest BCUT2D eigenvalue weighted by Gasteiger charge is 2.29. The van der Waals surface area contributed by atoms with Gasteiger partial charge in [-0.25, -0.2) is 8.42 Å². The van der Waals surface area contributed by atoms with Gasteiger partial charge < -0.3 is 4.74 Å². The van der Waals surface area contributed by atoms with Crippen LogP contribution in [0.2, 0.25) is 0 Å².